The normalized spacial score (nSPS) is 17.2. The van der Waals surface area contributed by atoms with Gasteiger partial charge in [-0.25, -0.2) is 0 Å². The Balaban J connectivity index is 2.20. The first-order valence-electron chi connectivity index (χ1n) is 5.11. The van der Waals surface area contributed by atoms with Gasteiger partial charge in [-0.15, -0.1) is 0 Å². The lowest BCUT2D eigenvalue weighted by atomic mass is 10.1. The van der Waals surface area contributed by atoms with Gasteiger partial charge in [0.1, 0.15) is 5.78 Å². The van der Waals surface area contributed by atoms with Gasteiger partial charge in [0.15, 0.2) is 0 Å². The van der Waals surface area contributed by atoms with Crippen molar-refractivity contribution in [2.24, 2.45) is 0 Å². The summed E-state index contributed by atoms with van der Waals surface area (Å²) in [6, 6.07) is 0. The first-order chi connectivity index (χ1) is 6.74. The molecule has 14 heavy (non-hydrogen) atoms. The molecule has 3 nitrogen and oxygen atoms in total. The number of thioether (sulfide) groups is 1. The minimum atomic E-state index is 0.191. The van der Waals surface area contributed by atoms with E-state index in [-0.39, 0.29) is 11.7 Å². The number of nitrogens with zero attached hydrogens (tertiary/aromatic N) is 1. The Labute approximate surface area is 89.2 Å². The Bertz CT molecular complexity index is 208. The summed E-state index contributed by atoms with van der Waals surface area (Å²) in [6.07, 6.45) is 2.20. The van der Waals surface area contributed by atoms with E-state index in [0.717, 1.165) is 12.2 Å². The maximum atomic E-state index is 11.6. The monoisotopic (exact) mass is 215 g/mol. The second-order valence-electron chi connectivity index (χ2n) is 3.47. The topological polar surface area (TPSA) is 37.4 Å². The molecule has 0 aromatic carbocycles. The number of Topliss-reactive ketones (excluding diaryl/α,β-unsaturated/α-hetero) is 1. The molecule has 80 valence electrons. The summed E-state index contributed by atoms with van der Waals surface area (Å²) in [5, 5.41) is 0. The van der Waals surface area contributed by atoms with Crippen molar-refractivity contribution in [3.63, 3.8) is 0 Å². The molecule has 0 bridgehead atoms. The fourth-order valence-corrected chi connectivity index (χ4v) is 2.19. The lowest BCUT2D eigenvalue weighted by molar-refractivity contribution is -0.132. The number of hydrogen-bond donors (Lipinski definition) is 0. The molecule has 1 aliphatic rings. The van der Waals surface area contributed by atoms with Gasteiger partial charge in [-0.1, -0.05) is 6.92 Å². The summed E-state index contributed by atoms with van der Waals surface area (Å²) in [5.74, 6) is 2.09. The van der Waals surface area contributed by atoms with E-state index in [1.807, 2.05) is 4.90 Å². The first kappa shape index (κ1) is 11.6. The number of carbonyl (C=O) groups excluding carboxylic acids is 2. The molecule has 1 aliphatic heterocycles. The third kappa shape index (κ3) is 3.70. The van der Waals surface area contributed by atoms with Crippen molar-refractivity contribution in [3.05, 3.63) is 0 Å². The molecule has 0 aromatic heterocycles. The van der Waals surface area contributed by atoms with Crippen LogP contribution in [0.25, 0.3) is 0 Å². The van der Waals surface area contributed by atoms with Crippen LogP contribution in [0.5, 0.6) is 0 Å². The number of ketones is 1. The van der Waals surface area contributed by atoms with Gasteiger partial charge in [-0.05, 0) is 12.2 Å². The van der Waals surface area contributed by atoms with E-state index in [2.05, 4.69) is 6.92 Å². The van der Waals surface area contributed by atoms with Gasteiger partial charge in [-0.2, -0.15) is 11.8 Å². The first-order valence-corrected chi connectivity index (χ1v) is 6.26. The maximum absolute atomic E-state index is 11.6. The van der Waals surface area contributed by atoms with Gasteiger partial charge < -0.3 is 4.90 Å². The Morgan fingerprint density at radius 3 is 2.64 bits per heavy atom. The van der Waals surface area contributed by atoms with Crippen LogP contribution in [0.3, 0.4) is 0 Å². The fourth-order valence-electron chi connectivity index (χ4n) is 1.40. The Morgan fingerprint density at radius 1 is 1.43 bits per heavy atom. The molecule has 0 atom stereocenters. The van der Waals surface area contributed by atoms with Crippen LogP contribution in [0.1, 0.15) is 26.2 Å². The largest absolute Gasteiger partial charge is 0.341 e. The lowest BCUT2D eigenvalue weighted by Gasteiger charge is -2.25. The molecule has 0 radical (unpaired) electrons. The van der Waals surface area contributed by atoms with Crippen molar-refractivity contribution in [2.45, 2.75) is 26.2 Å². The number of rotatable bonds is 4. The second kappa shape index (κ2) is 6.06. The highest BCUT2D eigenvalue weighted by Gasteiger charge is 2.19. The third-order valence-corrected chi connectivity index (χ3v) is 3.40. The molecule has 4 heteroatoms. The number of piperidine rings is 1. The minimum absolute atomic E-state index is 0.191. The molecule has 1 rings (SSSR count). The number of likely N-dealkylation sites (tertiary alicyclic amines) is 1. The number of hydrogen-bond acceptors (Lipinski definition) is 3. The van der Waals surface area contributed by atoms with Gasteiger partial charge >= 0.3 is 0 Å². The summed E-state index contributed by atoms with van der Waals surface area (Å²) in [4.78, 5) is 24.3. The Hall–Kier alpha value is -0.510. The third-order valence-electron chi connectivity index (χ3n) is 2.25. The molecular weight excluding hydrogens is 198 g/mol. The highest BCUT2D eigenvalue weighted by Crippen LogP contribution is 2.09. The standard InChI is InChI=1S/C10H17NO2S/c1-2-7-14-8-10(13)11-5-3-9(12)4-6-11/h2-8H2,1H3. The molecule has 0 aliphatic carbocycles. The quantitative estimate of drug-likeness (QED) is 0.664. The van der Waals surface area contributed by atoms with Crippen LogP contribution in [-0.4, -0.2) is 41.2 Å². The van der Waals surface area contributed by atoms with Crippen LogP contribution >= 0.6 is 11.8 Å². The van der Waals surface area contributed by atoms with Crippen molar-refractivity contribution in [1.82, 2.24) is 4.90 Å². The van der Waals surface area contributed by atoms with Gasteiger partial charge in [0.05, 0.1) is 5.75 Å². The van der Waals surface area contributed by atoms with Crippen LogP contribution in [0.4, 0.5) is 0 Å². The molecular formula is C10H17NO2S. The molecule has 0 spiro atoms. The van der Waals surface area contributed by atoms with Crippen LogP contribution in [-0.2, 0) is 9.59 Å². The van der Waals surface area contributed by atoms with Crippen LogP contribution < -0.4 is 0 Å². The summed E-state index contributed by atoms with van der Waals surface area (Å²) in [6.45, 7) is 3.37. The van der Waals surface area contributed by atoms with E-state index >= 15 is 0 Å². The summed E-state index contributed by atoms with van der Waals surface area (Å²) >= 11 is 1.68. The molecule has 0 N–H and O–H groups in total. The van der Waals surface area contributed by atoms with E-state index in [0.29, 0.717) is 31.7 Å². The zero-order chi connectivity index (χ0) is 10.4. The molecule has 1 saturated heterocycles. The minimum Gasteiger partial charge on any atom is -0.341 e. The Morgan fingerprint density at radius 2 is 2.07 bits per heavy atom. The molecule has 1 fully saturated rings. The van der Waals surface area contributed by atoms with E-state index in [1.54, 1.807) is 11.8 Å². The van der Waals surface area contributed by atoms with E-state index < -0.39 is 0 Å². The SMILES string of the molecule is CCCSCC(=O)N1CCC(=O)CC1. The van der Waals surface area contributed by atoms with Gasteiger partial charge in [0.25, 0.3) is 0 Å². The number of carbonyl (C=O) groups is 2. The average Bonchev–Trinajstić information content (AvgIpc) is 2.19. The highest BCUT2D eigenvalue weighted by atomic mass is 32.2. The molecule has 1 amide bonds. The van der Waals surface area contributed by atoms with Crippen LogP contribution in [0.15, 0.2) is 0 Å². The average molecular weight is 215 g/mol. The maximum Gasteiger partial charge on any atom is 0.232 e. The zero-order valence-corrected chi connectivity index (χ0v) is 9.44. The predicted molar refractivity (Wildman–Crippen MR) is 58.4 cm³/mol. The number of amides is 1. The van der Waals surface area contributed by atoms with Crippen molar-refractivity contribution in [2.75, 3.05) is 24.6 Å². The van der Waals surface area contributed by atoms with Gasteiger partial charge in [0, 0.05) is 25.9 Å². The highest BCUT2D eigenvalue weighted by molar-refractivity contribution is 7.99. The van der Waals surface area contributed by atoms with Crippen molar-refractivity contribution in [3.8, 4) is 0 Å². The summed E-state index contributed by atoms with van der Waals surface area (Å²) in [5.41, 5.74) is 0. The van der Waals surface area contributed by atoms with Gasteiger partial charge in [-0.3, -0.25) is 9.59 Å². The predicted octanol–water partition coefficient (Wildman–Crippen LogP) is 1.32. The van der Waals surface area contributed by atoms with Crippen molar-refractivity contribution < 1.29 is 9.59 Å². The molecule has 0 aromatic rings. The van der Waals surface area contributed by atoms with Crippen molar-refractivity contribution >= 4 is 23.5 Å². The van der Waals surface area contributed by atoms with E-state index in [4.69, 9.17) is 0 Å². The second-order valence-corrected chi connectivity index (χ2v) is 4.58. The molecule has 1 heterocycles. The molecule has 0 saturated carbocycles. The van der Waals surface area contributed by atoms with E-state index in [1.165, 1.54) is 0 Å². The summed E-state index contributed by atoms with van der Waals surface area (Å²) in [7, 11) is 0. The van der Waals surface area contributed by atoms with E-state index in [9.17, 15) is 9.59 Å². The van der Waals surface area contributed by atoms with Gasteiger partial charge in [0.2, 0.25) is 5.91 Å². The Kier molecular flexibility index (Phi) is 5.01. The molecule has 0 unspecified atom stereocenters. The summed E-state index contributed by atoms with van der Waals surface area (Å²) < 4.78 is 0. The lowest BCUT2D eigenvalue weighted by Crippen LogP contribution is -2.39. The fraction of sp³-hybridized carbons (Fsp3) is 0.800. The zero-order valence-electron chi connectivity index (χ0n) is 8.62. The van der Waals surface area contributed by atoms with Crippen LogP contribution in [0, 0.1) is 0 Å². The van der Waals surface area contributed by atoms with Crippen LogP contribution in [0.2, 0.25) is 0 Å². The smallest absolute Gasteiger partial charge is 0.232 e. The van der Waals surface area contributed by atoms with Crippen molar-refractivity contribution in [1.29, 1.82) is 0 Å².